The van der Waals surface area contributed by atoms with Gasteiger partial charge < -0.3 is 4.90 Å². The van der Waals surface area contributed by atoms with Gasteiger partial charge in [-0.05, 0) is 50.4 Å². The summed E-state index contributed by atoms with van der Waals surface area (Å²) >= 11 is 0. The van der Waals surface area contributed by atoms with E-state index in [0.29, 0.717) is 0 Å². The van der Waals surface area contributed by atoms with Crippen LogP contribution in [0.3, 0.4) is 0 Å². The minimum Gasteiger partial charge on any atom is -0.303 e. The lowest BCUT2D eigenvalue weighted by Gasteiger charge is -2.29. The van der Waals surface area contributed by atoms with E-state index >= 15 is 0 Å². The summed E-state index contributed by atoms with van der Waals surface area (Å²) in [6.45, 7) is 5.32. The van der Waals surface area contributed by atoms with E-state index in [1.807, 2.05) is 0 Å². The third-order valence-electron chi connectivity index (χ3n) is 3.61. The fourth-order valence-corrected chi connectivity index (χ4v) is 2.37. The highest BCUT2D eigenvalue weighted by molar-refractivity contribution is 5.21. The summed E-state index contributed by atoms with van der Waals surface area (Å²) in [7, 11) is 0. The van der Waals surface area contributed by atoms with E-state index in [4.69, 9.17) is 5.53 Å². The maximum atomic E-state index is 8.40. The summed E-state index contributed by atoms with van der Waals surface area (Å²) in [5, 5.41) is 3.80. The largest absolute Gasteiger partial charge is 0.303 e. The Morgan fingerprint density at radius 2 is 1.94 bits per heavy atom. The molecule has 96 valence electrons. The molecular formula is C14H20N4. The molecule has 0 radical (unpaired) electrons. The molecule has 4 heteroatoms. The Balaban J connectivity index is 1.75. The van der Waals surface area contributed by atoms with Crippen LogP contribution in [0.2, 0.25) is 0 Å². The van der Waals surface area contributed by atoms with Gasteiger partial charge in [0.2, 0.25) is 0 Å². The quantitative estimate of drug-likeness (QED) is 0.455. The molecule has 1 heterocycles. The first-order chi connectivity index (χ1) is 8.78. The Morgan fingerprint density at radius 1 is 1.28 bits per heavy atom. The predicted octanol–water partition coefficient (Wildman–Crippen LogP) is 3.31. The van der Waals surface area contributed by atoms with Crippen LogP contribution in [-0.4, -0.2) is 30.6 Å². The molecule has 4 nitrogen and oxygen atoms in total. The summed E-state index contributed by atoms with van der Waals surface area (Å²) < 4.78 is 0. The number of likely N-dealkylation sites (tertiary alicyclic amines) is 1. The van der Waals surface area contributed by atoms with Crippen molar-refractivity contribution in [1.82, 2.24) is 4.90 Å². The Hall–Kier alpha value is -1.51. The molecule has 0 atom stereocenters. The minimum atomic E-state index is 0.214. The molecule has 0 aromatic heterocycles. The molecule has 0 saturated carbocycles. The maximum Gasteiger partial charge on any atom is 0.0398 e. The number of hydrogen-bond donors (Lipinski definition) is 0. The molecular weight excluding hydrogens is 224 g/mol. The molecule has 1 saturated heterocycles. The van der Waals surface area contributed by atoms with Gasteiger partial charge in [-0.2, -0.15) is 0 Å². The molecule has 1 aromatic carbocycles. The lowest BCUT2D eigenvalue weighted by Crippen LogP contribution is -2.36. The van der Waals surface area contributed by atoms with E-state index in [1.165, 1.54) is 11.1 Å². The van der Waals surface area contributed by atoms with Crippen molar-refractivity contribution in [2.45, 2.75) is 32.2 Å². The summed E-state index contributed by atoms with van der Waals surface area (Å²) in [4.78, 5) is 5.35. The van der Waals surface area contributed by atoms with Gasteiger partial charge in [0.25, 0.3) is 0 Å². The maximum absolute atomic E-state index is 8.40. The second kappa shape index (κ2) is 6.43. The lowest BCUT2D eigenvalue weighted by molar-refractivity contribution is 0.215. The van der Waals surface area contributed by atoms with Gasteiger partial charge in [-0.3, -0.25) is 0 Å². The number of benzene rings is 1. The van der Waals surface area contributed by atoms with Gasteiger partial charge in [-0.25, -0.2) is 0 Å². The Kier molecular flexibility index (Phi) is 4.62. The van der Waals surface area contributed by atoms with Gasteiger partial charge in [0.1, 0.15) is 0 Å². The first kappa shape index (κ1) is 12.9. The van der Waals surface area contributed by atoms with Crippen LogP contribution in [0.1, 0.15) is 24.0 Å². The molecule has 1 aromatic rings. The molecule has 1 fully saturated rings. The predicted molar refractivity (Wildman–Crippen MR) is 73.5 cm³/mol. The van der Waals surface area contributed by atoms with Crippen molar-refractivity contribution in [3.8, 4) is 0 Å². The lowest BCUT2D eigenvalue weighted by atomic mass is 10.0. The minimum absolute atomic E-state index is 0.214. The van der Waals surface area contributed by atoms with Crippen molar-refractivity contribution >= 4 is 0 Å². The Morgan fingerprint density at radius 3 is 2.56 bits per heavy atom. The number of piperidine rings is 1. The topological polar surface area (TPSA) is 52.0 Å². The van der Waals surface area contributed by atoms with Crippen LogP contribution in [0, 0.1) is 6.92 Å². The van der Waals surface area contributed by atoms with Crippen molar-refractivity contribution in [2.75, 3.05) is 19.6 Å². The van der Waals surface area contributed by atoms with Crippen LogP contribution in [0.25, 0.3) is 10.4 Å². The van der Waals surface area contributed by atoms with Crippen molar-refractivity contribution in [1.29, 1.82) is 0 Å². The van der Waals surface area contributed by atoms with E-state index in [1.54, 1.807) is 0 Å². The average Bonchev–Trinajstić information content (AvgIpc) is 2.40. The summed E-state index contributed by atoms with van der Waals surface area (Å²) in [5.41, 5.74) is 11.1. The van der Waals surface area contributed by atoms with Gasteiger partial charge in [-0.15, -0.1) is 0 Å². The molecule has 2 rings (SSSR count). The summed E-state index contributed by atoms with van der Waals surface area (Å²) in [5.74, 6) is 0. The highest BCUT2D eigenvalue weighted by atomic mass is 15.2. The highest BCUT2D eigenvalue weighted by Crippen LogP contribution is 2.14. The van der Waals surface area contributed by atoms with E-state index in [9.17, 15) is 0 Å². The fourth-order valence-electron chi connectivity index (χ4n) is 2.37. The average molecular weight is 244 g/mol. The van der Waals surface area contributed by atoms with Crippen LogP contribution in [-0.2, 0) is 6.42 Å². The summed E-state index contributed by atoms with van der Waals surface area (Å²) in [6.07, 6.45) is 3.10. The zero-order valence-corrected chi connectivity index (χ0v) is 10.9. The van der Waals surface area contributed by atoms with Crippen LogP contribution in [0.5, 0.6) is 0 Å². The third kappa shape index (κ3) is 3.76. The van der Waals surface area contributed by atoms with Crippen molar-refractivity contribution in [3.63, 3.8) is 0 Å². The van der Waals surface area contributed by atoms with Crippen molar-refractivity contribution < 1.29 is 0 Å². The van der Waals surface area contributed by atoms with Gasteiger partial charge in [-0.1, -0.05) is 34.9 Å². The normalized spacial score (nSPS) is 17.4. The van der Waals surface area contributed by atoms with Gasteiger partial charge in [0.05, 0.1) is 0 Å². The molecule has 0 unspecified atom stereocenters. The zero-order chi connectivity index (χ0) is 12.8. The van der Waals surface area contributed by atoms with E-state index in [2.05, 4.69) is 46.1 Å². The van der Waals surface area contributed by atoms with Crippen LogP contribution >= 0.6 is 0 Å². The molecule has 0 aliphatic carbocycles. The fraction of sp³-hybridized carbons (Fsp3) is 0.571. The van der Waals surface area contributed by atoms with Gasteiger partial charge in [0, 0.05) is 17.5 Å². The first-order valence-electron chi connectivity index (χ1n) is 6.60. The Bertz CT molecular complexity index is 412. The molecule has 1 aliphatic rings. The van der Waals surface area contributed by atoms with E-state index in [0.717, 1.165) is 38.9 Å². The molecule has 0 amide bonds. The SMILES string of the molecule is Cc1ccc(CCN2CCC(N=[N+]=[N-])CC2)cc1. The highest BCUT2D eigenvalue weighted by Gasteiger charge is 2.17. The third-order valence-corrected chi connectivity index (χ3v) is 3.61. The van der Waals surface area contributed by atoms with Crippen molar-refractivity contribution in [3.05, 3.63) is 45.8 Å². The van der Waals surface area contributed by atoms with Crippen LogP contribution in [0.15, 0.2) is 29.4 Å². The number of rotatable bonds is 4. The van der Waals surface area contributed by atoms with E-state index in [-0.39, 0.29) is 6.04 Å². The molecule has 0 bridgehead atoms. The molecule has 0 spiro atoms. The number of azide groups is 1. The molecule has 18 heavy (non-hydrogen) atoms. The monoisotopic (exact) mass is 244 g/mol. The zero-order valence-electron chi connectivity index (χ0n) is 10.9. The first-order valence-corrected chi connectivity index (χ1v) is 6.60. The smallest absolute Gasteiger partial charge is 0.0398 e. The number of aryl methyl sites for hydroxylation is 1. The molecule has 1 aliphatic heterocycles. The second-order valence-corrected chi connectivity index (χ2v) is 5.01. The van der Waals surface area contributed by atoms with Crippen molar-refractivity contribution in [2.24, 2.45) is 5.11 Å². The second-order valence-electron chi connectivity index (χ2n) is 5.01. The van der Waals surface area contributed by atoms with Gasteiger partial charge >= 0.3 is 0 Å². The Labute approximate surface area is 108 Å². The standard InChI is InChI=1S/C14H20N4/c1-12-2-4-13(5-3-12)6-9-18-10-7-14(8-11-18)16-17-15/h2-5,14H,6-11H2,1H3. The number of hydrogen-bond acceptors (Lipinski definition) is 2. The number of nitrogens with zero attached hydrogens (tertiary/aromatic N) is 4. The molecule has 0 N–H and O–H groups in total. The van der Waals surface area contributed by atoms with Gasteiger partial charge in [0.15, 0.2) is 0 Å². The van der Waals surface area contributed by atoms with Crippen LogP contribution in [0.4, 0.5) is 0 Å². The summed E-state index contributed by atoms with van der Waals surface area (Å²) in [6, 6.07) is 8.97. The van der Waals surface area contributed by atoms with Crippen LogP contribution < -0.4 is 0 Å². The van der Waals surface area contributed by atoms with E-state index < -0.39 is 0 Å².